The van der Waals surface area contributed by atoms with Gasteiger partial charge in [0.15, 0.2) is 0 Å². The molecule has 2 aromatic rings. The molecular weight excluding hydrogens is 396 g/mol. The minimum Gasteiger partial charge on any atom is -0.488 e. The Morgan fingerprint density at radius 1 is 1.23 bits per heavy atom. The van der Waals surface area contributed by atoms with Crippen molar-refractivity contribution in [2.45, 2.75) is 63.6 Å². The summed E-state index contributed by atoms with van der Waals surface area (Å²) < 4.78 is 12.8. The fraction of sp³-hybridized carbons (Fsp3) is 0.522. The number of ether oxygens (including phenoxy) is 2. The molecule has 0 radical (unpaired) electrons. The first kappa shape index (κ1) is 22.7. The Hall–Kier alpha value is -3.03. The van der Waals surface area contributed by atoms with Gasteiger partial charge in [-0.2, -0.15) is 0 Å². The van der Waals surface area contributed by atoms with E-state index in [-0.39, 0.29) is 12.0 Å². The van der Waals surface area contributed by atoms with E-state index in [1.807, 2.05) is 30.3 Å². The van der Waals surface area contributed by atoms with Crippen molar-refractivity contribution in [2.24, 2.45) is 0 Å². The van der Waals surface area contributed by atoms with E-state index in [2.05, 4.69) is 11.9 Å². The van der Waals surface area contributed by atoms with Crippen molar-refractivity contribution in [1.29, 1.82) is 0 Å². The molecule has 0 saturated carbocycles. The largest absolute Gasteiger partial charge is 0.488 e. The molecule has 1 saturated heterocycles. The van der Waals surface area contributed by atoms with Gasteiger partial charge < -0.3 is 24.7 Å². The van der Waals surface area contributed by atoms with Crippen LogP contribution in [0.4, 0.5) is 5.82 Å². The molecule has 0 bridgehead atoms. The van der Waals surface area contributed by atoms with Crippen LogP contribution in [0.2, 0.25) is 0 Å². The minimum absolute atomic E-state index is 0.136. The summed E-state index contributed by atoms with van der Waals surface area (Å²) in [6.07, 6.45) is 8.20. The van der Waals surface area contributed by atoms with Crippen molar-refractivity contribution >= 4 is 17.7 Å². The number of rotatable bonds is 10. The monoisotopic (exact) mass is 428 g/mol. The summed E-state index contributed by atoms with van der Waals surface area (Å²) in [5, 5.41) is 0. The number of nitrogens with zero attached hydrogens (tertiary/aromatic N) is 3. The lowest BCUT2D eigenvalue weighted by Gasteiger charge is -2.28. The second-order valence-electron chi connectivity index (χ2n) is 7.93. The first-order chi connectivity index (χ1) is 15.0. The topological polar surface area (TPSA) is 99.7 Å². The zero-order valence-electron chi connectivity index (χ0n) is 18.3. The van der Waals surface area contributed by atoms with Crippen LogP contribution < -0.4 is 10.5 Å². The molecule has 1 fully saturated rings. The molecule has 2 heterocycles. The molecule has 8 heteroatoms. The highest BCUT2D eigenvalue weighted by atomic mass is 16.5. The van der Waals surface area contributed by atoms with Crippen LogP contribution in [0.15, 0.2) is 42.9 Å². The smallest absolute Gasteiger partial charge is 0.328 e. The number of likely N-dealkylation sites (tertiary alicyclic amines) is 1. The molecule has 3 atom stereocenters. The number of hydrogen-bond acceptors (Lipinski definition) is 6. The van der Waals surface area contributed by atoms with Gasteiger partial charge in [-0.1, -0.05) is 50.8 Å². The van der Waals surface area contributed by atoms with E-state index in [1.165, 1.54) is 7.11 Å². The lowest BCUT2D eigenvalue weighted by atomic mass is 10.1. The third kappa shape index (κ3) is 5.77. The number of hydrogen-bond donors (Lipinski definition) is 1. The van der Waals surface area contributed by atoms with Crippen LogP contribution in [0.1, 0.15) is 51.5 Å². The second-order valence-corrected chi connectivity index (χ2v) is 7.93. The molecule has 1 aliphatic heterocycles. The number of anilines is 1. The molecule has 1 aromatic carbocycles. The Bertz CT molecular complexity index is 854. The summed E-state index contributed by atoms with van der Waals surface area (Å²) >= 11 is 0. The van der Waals surface area contributed by atoms with Gasteiger partial charge in [-0.05, 0) is 18.6 Å². The summed E-state index contributed by atoms with van der Waals surface area (Å²) in [7, 11) is 1.34. The number of imidazole rings is 1. The van der Waals surface area contributed by atoms with E-state index in [0.29, 0.717) is 31.0 Å². The number of esters is 1. The number of nitrogen functional groups attached to an aromatic ring is 1. The number of para-hydroxylation sites is 1. The summed E-state index contributed by atoms with van der Waals surface area (Å²) in [4.78, 5) is 31.8. The maximum Gasteiger partial charge on any atom is 0.328 e. The quantitative estimate of drug-likeness (QED) is 0.461. The Labute approximate surface area is 183 Å². The van der Waals surface area contributed by atoms with Crippen molar-refractivity contribution in [3.8, 4) is 5.75 Å². The van der Waals surface area contributed by atoms with Gasteiger partial charge in [0, 0.05) is 12.6 Å². The van der Waals surface area contributed by atoms with Crippen LogP contribution in [0.25, 0.3) is 0 Å². The zero-order chi connectivity index (χ0) is 22.2. The number of carbonyl (C=O) groups is 2. The Kier molecular flexibility index (Phi) is 7.92. The van der Waals surface area contributed by atoms with Gasteiger partial charge in [-0.25, -0.2) is 9.78 Å². The Balaban J connectivity index is 1.78. The highest BCUT2D eigenvalue weighted by molar-refractivity contribution is 5.87. The van der Waals surface area contributed by atoms with E-state index in [1.54, 1.807) is 22.0 Å². The molecule has 0 unspecified atom stereocenters. The van der Waals surface area contributed by atoms with E-state index in [4.69, 9.17) is 15.2 Å². The number of carbonyl (C=O) groups excluding carboxylic acids is 2. The normalized spacial score (nSPS) is 19.2. The molecule has 0 aliphatic carbocycles. The number of unbranched alkanes of at least 4 members (excludes halogenated alkanes) is 3. The van der Waals surface area contributed by atoms with E-state index < -0.39 is 18.1 Å². The Morgan fingerprint density at radius 2 is 2.00 bits per heavy atom. The third-order valence-corrected chi connectivity index (χ3v) is 5.66. The molecule has 168 valence electrons. The Morgan fingerprint density at radius 3 is 2.65 bits per heavy atom. The summed E-state index contributed by atoms with van der Waals surface area (Å²) in [5.74, 6) is 0.511. The number of benzene rings is 1. The molecule has 0 spiro atoms. The van der Waals surface area contributed by atoms with Crippen molar-refractivity contribution in [3.05, 3.63) is 42.9 Å². The predicted octanol–water partition coefficient (Wildman–Crippen LogP) is 3.20. The lowest BCUT2D eigenvalue weighted by Crippen LogP contribution is -2.44. The third-order valence-electron chi connectivity index (χ3n) is 5.66. The van der Waals surface area contributed by atoms with Crippen molar-refractivity contribution in [3.63, 3.8) is 0 Å². The van der Waals surface area contributed by atoms with Crippen molar-refractivity contribution in [1.82, 2.24) is 14.5 Å². The fourth-order valence-corrected chi connectivity index (χ4v) is 4.06. The van der Waals surface area contributed by atoms with Crippen LogP contribution >= 0.6 is 0 Å². The van der Waals surface area contributed by atoms with Crippen molar-refractivity contribution in [2.75, 3.05) is 19.4 Å². The van der Waals surface area contributed by atoms with Crippen molar-refractivity contribution < 1.29 is 19.1 Å². The number of methoxy groups -OCH3 is 1. The van der Waals surface area contributed by atoms with E-state index >= 15 is 0 Å². The summed E-state index contributed by atoms with van der Waals surface area (Å²) in [5.41, 5.74) is 5.80. The molecule has 2 N–H and O–H groups in total. The maximum absolute atomic E-state index is 13.6. The molecule has 31 heavy (non-hydrogen) atoms. The second kappa shape index (κ2) is 10.8. The average Bonchev–Trinajstić information content (AvgIpc) is 3.40. The summed E-state index contributed by atoms with van der Waals surface area (Å²) in [6, 6.07) is 8.27. The van der Waals surface area contributed by atoms with Crippen LogP contribution in [0.5, 0.6) is 5.75 Å². The van der Waals surface area contributed by atoms with Gasteiger partial charge in [0.2, 0.25) is 5.91 Å². The fourth-order valence-electron chi connectivity index (χ4n) is 4.06. The van der Waals surface area contributed by atoms with Gasteiger partial charge in [-0.15, -0.1) is 0 Å². The standard InChI is InChI=1S/C23H32N4O4/c1-3-4-5-9-12-19(26-15-21(24)25-16-26)22(28)27-14-18(13-20(27)23(29)30-2)31-17-10-7-6-8-11-17/h6-8,10-11,15-16,18-20H,3-5,9,12-14,24H2,1-2H3/t18-,19-,20-/m0/s1. The summed E-state index contributed by atoms with van der Waals surface area (Å²) in [6.45, 7) is 2.47. The van der Waals surface area contributed by atoms with Gasteiger partial charge in [0.1, 0.15) is 29.8 Å². The van der Waals surface area contributed by atoms with Gasteiger partial charge in [0.05, 0.1) is 20.0 Å². The molecular formula is C23H32N4O4. The van der Waals surface area contributed by atoms with Crippen LogP contribution in [-0.2, 0) is 14.3 Å². The molecule has 8 nitrogen and oxygen atoms in total. The molecule has 1 aliphatic rings. The lowest BCUT2D eigenvalue weighted by molar-refractivity contribution is -0.152. The molecule has 3 rings (SSSR count). The molecule has 1 aromatic heterocycles. The van der Waals surface area contributed by atoms with Gasteiger partial charge in [0.25, 0.3) is 0 Å². The van der Waals surface area contributed by atoms with Crippen LogP contribution in [0.3, 0.4) is 0 Å². The van der Waals surface area contributed by atoms with Crippen LogP contribution in [-0.4, -0.2) is 52.1 Å². The first-order valence-corrected chi connectivity index (χ1v) is 10.9. The number of amides is 1. The SMILES string of the molecule is CCCCCC[C@@H](C(=O)N1C[C@@H](Oc2ccccc2)C[C@H]1C(=O)OC)n1cnc(N)c1. The minimum atomic E-state index is -0.676. The zero-order valence-corrected chi connectivity index (χ0v) is 18.3. The maximum atomic E-state index is 13.6. The average molecular weight is 429 g/mol. The number of aromatic nitrogens is 2. The van der Waals surface area contributed by atoms with Gasteiger partial charge in [-0.3, -0.25) is 4.79 Å². The first-order valence-electron chi connectivity index (χ1n) is 10.9. The van der Waals surface area contributed by atoms with E-state index in [0.717, 1.165) is 25.7 Å². The highest BCUT2D eigenvalue weighted by Crippen LogP contribution is 2.29. The van der Waals surface area contributed by atoms with E-state index in [9.17, 15) is 9.59 Å². The highest BCUT2D eigenvalue weighted by Gasteiger charge is 2.43. The van der Waals surface area contributed by atoms with Gasteiger partial charge >= 0.3 is 5.97 Å². The number of nitrogens with two attached hydrogens (primary N) is 1. The predicted molar refractivity (Wildman–Crippen MR) is 117 cm³/mol. The molecule has 1 amide bonds. The van der Waals surface area contributed by atoms with Crippen LogP contribution in [0, 0.1) is 0 Å².